The molecule has 11 heteroatoms. The molecule has 0 radical (unpaired) electrons. The van der Waals surface area contributed by atoms with E-state index < -0.39 is 18.9 Å². The number of fused-ring (bicyclic) bond motifs is 1. The maximum Gasteiger partial charge on any atom is 0.259 e. The Bertz CT molecular complexity index is 1210. The summed E-state index contributed by atoms with van der Waals surface area (Å²) < 4.78 is 33.6. The van der Waals surface area contributed by atoms with Crippen LogP contribution in [0.3, 0.4) is 0 Å². The number of carbonyl (C=O) groups excluding carboxylic acids is 1. The Kier molecular flexibility index (Phi) is 4.57. The third kappa shape index (κ3) is 3.58. The molecule has 0 bridgehead atoms. The summed E-state index contributed by atoms with van der Waals surface area (Å²) in [6.07, 6.45) is 0.760. The van der Waals surface area contributed by atoms with Crippen LogP contribution in [0.25, 0.3) is 22.4 Å². The molecule has 0 saturated heterocycles. The van der Waals surface area contributed by atoms with Crippen LogP contribution in [0.5, 0.6) is 0 Å². The van der Waals surface area contributed by atoms with Crippen molar-refractivity contribution in [2.45, 2.75) is 26.8 Å². The van der Waals surface area contributed by atoms with Gasteiger partial charge in [0.15, 0.2) is 0 Å². The van der Waals surface area contributed by atoms with Gasteiger partial charge in [-0.25, -0.2) is 18.4 Å². The van der Waals surface area contributed by atoms with Crippen molar-refractivity contribution in [3.8, 4) is 11.3 Å². The third-order valence-corrected chi connectivity index (χ3v) is 4.32. The van der Waals surface area contributed by atoms with Gasteiger partial charge < -0.3 is 9.84 Å². The van der Waals surface area contributed by atoms with Gasteiger partial charge in [0, 0.05) is 24.9 Å². The predicted molar refractivity (Wildman–Crippen MR) is 99.7 cm³/mol. The van der Waals surface area contributed by atoms with E-state index in [1.165, 1.54) is 6.07 Å². The molecular weight excluding hydrogens is 384 g/mol. The Morgan fingerprint density at radius 1 is 1.31 bits per heavy atom. The summed E-state index contributed by atoms with van der Waals surface area (Å²) in [5.74, 6) is -0.334. The number of nitrogens with zero attached hydrogens (tertiary/aromatic N) is 6. The van der Waals surface area contributed by atoms with E-state index in [1.807, 2.05) is 0 Å². The van der Waals surface area contributed by atoms with Crippen molar-refractivity contribution in [1.29, 1.82) is 0 Å². The molecule has 1 amide bonds. The zero-order valence-corrected chi connectivity index (χ0v) is 15.8. The Labute approximate surface area is 163 Å². The number of hydrogen-bond acceptors (Lipinski definition) is 6. The van der Waals surface area contributed by atoms with Crippen LogP contribution in [0.2, 0.25) is 0 Å². The number of pyridine rings is 1. The minimum atomic E-state index is -2.60. The van der Waals surface area contributed by atoms with E-state index in [0.29, 0.717) is 28.0 Å². The van der Waals surface area contributed by atoms with Gasteiger partial charge in [-0.3, -0.25) is 9.48 Å². The van der Waals surface area contributed by atoms with Gasteiger partial charge in [0.25, 0.3) is 18.0 Å². The molecule has 4 aromatic heterocycles. The van der Waals surface area contributed by atoms with E-state index in [1.54, 1.807) is 44.0 Å². The Morgan fingerprint density at radius 2 is 2.10 bits per heavy atom. The quantitative estimate of drug-likeness (QED) is 0.551. The second kappa shape index (κ2) is 7.08. The van der Waals surface area contributed by atoms with Gasteiger partial charge >= 0.3 is 0 Å². The van der Waals surface area contributed by atoms with Crippen LogP contribution >= 0.6 is 0 Å². The van der Waals surface area contributed by atoms with Gasteiger partial charge in [-0.2, -0.15) is 10.2 Å². The minimum absolute atomic E-state index is 0.176. The highest BCUT2D eigenvalue weighted by molar-refractivity contribution is 6.12. The van der Waals surface area contributed by atoms with Gasteiger partial charge in [0.05, 0.1) is 34.2 Å². The number of aromatic nitrogens is 6. The molecule has 0 fully saturated rings. The van der Waals surface area contributed by atoms with Crippen LogP contribution in [0.1, 0.15) is 21.7 Å². The van der Waals surface area contributed by atoms with Crippen molar-refractivity contribution in [1.82, 2.24) is 29.7 Å². The SMILES string of the molecule is Cc1cc(NC(=O)c2cc(-c3cnn(C)c3)nc3onc(C)c23)n(CC(F)F)n1. The summed E-state index contributed by atoms with van der Waals surface area (Å²) in [5.41, 5.74) is 2.63. The lowest BCUT2D eigenvalue weighted by atomic mass is 10.1. The zero-order valence-electron chi connectivity index (χ0n) is 15.8. The molecular formula is C18H17F2N7O2. The molecule has 4 rings (SSSR count). The molecule has 0 aromatic carbocycles. The molecule has 9 nitrogen and oxygen atoms in total. The topological polar surface area (TPSA) is 104 Å². The number of nitrogens with one attached hydrogen (secondary N) is 1. The first-order chi connectivity index (χ1) is 13.8. The Balaban J connectivity index is 1.77. The largest absolute Gasteiger partial charge is 0.335 e. The number of carbonyl (C=O) groups is 1. The monoisotopic (exact) mass is 401 g/mol. The maximum absolute atomic E-state index is 13.1. The smallest absolute Gasteiger partial charge is 0.259 e. The third-order valence-electron chi connectivity index (χ3n) is 4.32. The van der Waals surface area contributed by atoms with Crippen molar-refractivity contribution in [2.75, 3.05) is 5.32 Å². The van der Waals surface area contributed by atoms with Gasteiger partial charge in [-0.1, -0.05) is 5.16 Å². The average Bonchev–Trinajstić information content (AvgIpc) is 3.34. The van der Waals surface area contributed by atoms with E-state index >= 15 is 0 Å². The maximum atomic E-state index is 13.1. The van der Waals surface area contributed by atoms with Crippen LogP contribution < -0.4 is 5.32 Å². The Hall–Kier alpha value is -3.63. The van der Waals surface area contributed by atoms with Gasteiger partial charge in [-0.05, 0) is 19.9 Å². The molecule has 0 aliphatic heterocycles. The molecule has 4 aromatic rings. The number of rotatable bonds is 5. The van der Waals surface area contributed by atoms with Crippen LogP contribution in [-0.4, -0.2) is 42.0 Å². The summed E-state index contributed by atoms with van der Waals surface area (Å²) in [6, 6.07) is 3.13. The molecule has 150 valence electrons. The molecule has 0 unspecified atom stereocenters. The van der Waals surface area contributed by atoms with E-state index in [-0.39, 0.29) is 17.1 Å². The molecule has 1 N–H and O–H groups in total. The number of anilines is 1. The highest BCUT2D eigenvalue weighted by Crippen LogP contribution is 2.27. The molecule has 4 heterocycles. The molecule has 0 atom stereocenters. The highest BCUT2D eigenvalue weighted by Gasteiger charge is 2.21. The first-order valence-corrected chi connectivity index (χ1v) is 8.72. The van der Waals surface area contributed by atoms with Gasteiger partial charge in [0.1, 0.15) is 12.4 Å². The summed E-state index contributed by atoms with van der Waals surface area (Å²) in [6.45, 7) is 2.73. The second-order valence-corrected chi connectivity index (χ2v) is 6.60. The lowest BCUT2D eigenvalue weighted by molar-refractivity contribution is 0.102. The zero-order chi connectivity index (χ0) is 20.7. The van der Waals surface area contributed by atoms with Gasteiger partial charge in [-0.15, -0.1) is 0 Å². The first kappa shape index (κ1) is 18.7. The van der Waals surface area contributed by atoms with Gasteiger partial charge in [0.2, 0.25) is 0 Å². The lowest BCUT2D eigenvalue weighted by Gasteiger charge is -2.10. The molecule has 0 saturated carbocycles. The minimum Gasteiger partial charge on any atom is -0.335 e. The standard InChI is InChI=1S/C18H17F2N7O2/c1-9-4-15(27(24-9)8-14(19)20)23-17(28)12-5-13(11-6-21-26(3)7-11)22-18-16(12)10(2)25-29-18/h4-7,14H,8H2,1-3H3,(H,23,28). The summed E-state index contributed by atoms with van der Waals surface area (Å²) in [7, 11) is 1.76. The van der Waals surface area contributed by atoms with E-state index in [9.17, 15) is 13.6 Å². The molecule has 29 heavy (non-hydrogen) atoms. The van der Waals surface area contributed by atoms with Crippen molar-refractivity contribution in [2.24, 2.45) is 7.05 Å². The lowest BCUT2D eigenvalue weighted by Crippen LogP contribution is -2.18. The molecule has 0 aliphatic rings. The van der Waals surface area contributed by atoms with Crippen molar-refractivity contribution in [3.63, 3.8) is 0 Å². The number of halogens is 2. The van der Waals surface area contributed by atoms with Crippen molar-refractivity contribution in [3.05, 3.63) is 41.5 Å². The van der Waals surface area contributed by atoms with Crippen LogP contribution in [0, 0.1) is 13.8 Å². The summed E-state index contributed by atoms with van der Waals surface area (Å²) in [5, 5.41) is 15.1. The fourth-order valence-electron chi connectivity index (χ4n) is 3.07. The van der Waals surface area contributed by atoms with Crippen molar-refractivity contribution >= 4 is 22.8 Å². The fourth-order valence-corrected chi connectivity index (χ4v) is 3.07. The van der Waals surface area contributed by atoms with Crippen molar-refractivity contribution < 1.29 is 18.1 Å². The van der Waals surface area contributed by atoms with E-state index in [4.69, 9.17) is 4.52 Å². The van der Waals surface area contributed by atoms with Crippen LogP contribution in [-0.2, 0) is 13.6 Å². The summed E-state index contributed by atoms with van der Waals surface area (Å²) >= 11 is 0. The highest BCUT2D eigenvalue weighted by atomic mass is 19.3. The summed E-state index contributed by atoms with van der Waals surface area (Å²) in [4.78, 5) is 17.5. The second-order valence-electron chi connectivity index (χ2n) is 6.60. The fraction of sp³-hybridized carbons (Fsp3) is 0.278. The number of amides is 1. The number of aryl methyl sites for hydroxylation is 3. The van der Waals surface area contributed by atoms with Crippen LogP contribution in [0.15, 0.2) is 29.0 Å². The normalized spacial score (nSPS) is 11.5. The van der Waals surface area contributed by atoms with E-state index in [0.717, 1.165) is 4.68 Å². The predicted octanol–water partition coefficient (Wildman–Crippen LogP) is 2.95. The molecule has 0 aliphatic carbocycles. The average molecular weight is 401 g/mol. The first-order valence-electron chi connectivity index (χ1n) is 8.72. The van der Waals surface area contributed by atoms with Crippen LogP contribution in [0.4, 0.5) is 14.6 Å². The molecule has 0 spiro atoms. The Morgan fingerprint density at radius 3 is 2.79 bits per heavy atom. The van der Waals surface area contributed by atoms with E-state index in [2.05, 4.69) is 25.7 Å². The number of alkyl halides is 2. The number of hydrogen-bond donors (Lipinski definition) is 1.